The second kappa shape index (κ2) is 10.9. The first-order valence-electron chi connectivity index (χ1n) is 10.4. The predicted octanol–water partition coefficient (Wildman–Crippen LogP) is 2.75. The van der Waals surface area contributed by atoms with Gasteiger partial charge in [-0.2, -0.15) is 0 Å². The fourth-order valence-corrected chi connectivity index (χ4v) is 3.47. The van der Waals surface area contributed by atoms with Crippen molar-refractivity contribution in [1.82, 2.24) is 10.6 Å². The van der Waals surface area contributed by atoms with Crippen molar-refractivity contribution in [2.24, 2.45) is 0 Å². The lowest BCUT2D eigenvalue weighted by molar-refractivity contribution is -0.140. The van der Waals surface area contributed by atoms with Crippen LogP contribution in [0.3, 0.4) is 0 Å². The number of carbonyl (C=O) groups is 4. The lowest BCUT2D eigenvalue weighted by Crippen LogP contribution is -2.41. The zero-order chi connectivity index (χ0) is 23.8. The average molecular weight is 448 g/mol. The van der Waals surface area contributed by atoms with Crippen LogP contribution >= 0.6 is 0 Å². The molecule has 0 aliphatic heterocycles. The van der Waals surface area contributed by atoms with Crippen molar-refractivity contribution in [2.75, 3.05) is 0 Å². The standard InChI is InChI=1S/C25H24N2O6/c28-22(14-18-8-4-7-17-6-1-2-10-20(17)18)26-15-16-5-3-9-19(13-16)24(31)27-21(25(32)33)11-12-23(29)30/h1-10,13,21H,11-12,14-15H2,(H,26,28)(H,27,31)(H,29,30)(H,32,33). The molecule has 1 unspecified atom stereocenters. The maximum Gasteiger partial charge on any atom is 0.326 e. The van der Waals surface area contributed by atoms with Gasteiger partial charge in [-0.15, -0.1) is 0 Å². The van der Waals surface area contributed by atoms with Gasteiger partial charge in [-0.1, -0.05) is 54.6 Å². The molecule has 2 amide bonds. The number of amides is 2. The molecule has 3 aromatic carbocycles. The molecule has 3 aromatic rings. The van der Waals surface area contributed by atoms with E-state index in [4.69, 9.17) is 5.11 Å². The third kappa shape index (κ3) is 6.64. The summed E-state index contributed by atoms with van der Waals surface area (Å²) >= 11 is 0. The number of hydrogen-bond acceptors (Lipinski definition) is 4. The smallest absolute Gasteiger partial charge is 0.326 e. The topological polar surface area (TPSA) is 133 Å². The summed E-state index contributed by atoms with van der Waals surface area (Å²) in [6.45, 7) is 0.200. The SMILES string of the molecule is O=C(O)CCC(NC(=O)c1cccc(CNC(=O)Cc2cccc3ccccc23)c1)C(=O)O. The molecule has 0 spiro atoms. The Morgan fingerprint density at radius 2 is 1.61 bits per heavy atom. The molecule has 4 N–H and O–H groups in total. The van der Waals surface area contributed by atoms with E-state index < -0.39 is 23.9 Å². The Morgan fingerprint density at radius 1 is 0.879 bits per heavy atom. The van der Waals surface area contributed by atoms with Crippen LogP contribution in [0.25, 0.3) is 10.8 Å². The van der Waals surface area contributed by atoms with Gasteiger partial charge < -0.3 is 20.8 Å². The molecule has 3 rings (SSSR count). The van der Waals surface area contributed by atoms with Gasteiger partial charge in [0.2, 0.25) is 5.91 Å². The van der Waals surface area contributed by atoms with Crippen LogP contribution in [0.5, 0.6) is 0 Å². The van der Waals surface area contributed by atoms with Crippen LogP contribution < -0.4 is 10.6 Å². The van der Waals surface area contributed by atoms with Crippen LogP contribution in [0, 0.1) is 0 Å². The summed E-state index contributed by atoms with van der Waals surface area (Å²) in [6, 6.07) is 18.8. The molecule has 0 saturated carbocycles. The lowest BCUT2D eigenvalue weighted by atomic mass is 10.0. The number of carboxylic acid groups (broad SMARTS) is 2. The van der Waals surface area contributed by atoms with Crippen molar-refractivity contribution in [2.45, 2.75) is 31.8 Å². The van der Waals surface area contributed by atoms with Crippen molar-refractivity contribution in [3.63, 3.8) is 0 Å². The van der Waals surface area contributed by atoms with Gasteiger partial charge in [0.05, 0.1) is 6.42 Å². The third-order valence-corrected chi connectivity index (χ3v) is 5.16. The van der Waals surface area contributed by atoms with Gasteiger partial charge in [0.1, 0.15) is 6.04 Å². The van der Waals surface area contributed by atoms with Crippen LogP contribution in [0.2, 0.25) is 0 Å². The maximum atomic E-state index is 12.5. The third-order valence-electron chi connectivity index (χ3n) is 5.16. The fourth-order valence-electron chi connectivity index (χ4n) is 3.47. The van der Waals surface area contributed by atoms with Gasteiger partial charge in [0.15, 0.2) is 0 Å². The first-order chi connectivity index (χ1) is 15.8. The average Bonchev–Trinajstić information content (AvgIpc) is 2.80. The highest BCUT2D eigenvalue weighted by atomic mass is 16.4. The van der Waals surface area contributed by atoms with Gasteiger partial charge >= 0.3 is 11.9 Å². The molecule has 8 nitrogen and oxygen atoms in total. The summed E-state index contributed by atoms with van der Waals surface area (Å²) in [7, 11) is 0. The largest absolute Gasteiger partial charge is 0.481 e. The van der Waals surface area contributed by atoms with E-state index >= 15 is 0 Å². The number of benzene rings is 3. The minimum Gasteiger partial charge on any atom is -0.481 e. The molecule has 0 saturated heterocycles. The minimum atomic E-state index is -1.31. The van der Waals surface area contributed by atoms with Gasteiger partial charge in [0.25, 0.3) is 5.91 Å². The van der Waals surface area contributed by atoms with Crippen LogP contribution in [-0.4, -0.2) is 40.0 Å². The number of carboxylic acids is 2. The van der Waals surface area contributed by atoms with E-state index in [1.54, 1.807) is 18.2 Å². The molecule has 0 aromatic heterocycles. The van der Waals surface area contributed by atoms with Crippen LogP contribution in [0.1, 0.15) is 34.3 Å². The van der Waals surface area contributed by atoms with E-state index in [1.165, 1.54) is 6.07 Å². The molecule has 0 aliphatic rings. The first-order valence-corrected chi connectivity index (χ1v) is 10.4. The second-order valence-electron chi connectivity index (χ2n) is 7.59. The number of carbonyl (C=O) groups excluding carboxylic acids is 2. The predicted molar refractivity (Wildman–Crippen MR) is 122 cm³/mol. The minimum absolute atomic E-state index is 0.166. The summed E-state index contributed by atoms with van der Waals surface area (Å²) < 4.78 is 0. The van der Waals surface area contributed by atoms with Crippen molar-refractivity contribution in [3.8, 4) is 0 Å². The van der Waals surface area contributed by atoms with E-state index in [0.29, 0.717) is 5.56 Å². The Bertz CT molecular complexity index is 1180. The monoisotopic (exact) mass is 448 g/mol. The van der Waals surface area contributed by atoms with Crippen molar-refractivity contribution >= 4 is 34.5 Å². The van der Waals surface area contributed by atoms with Gasteiger partial charge in [-0.25, -0.2) is 4.79 Å². The summed E-state index contributed by atoms with van der Waals surface area (Å²) in [5, 5.41) is 25.2. The zero-order valence-corrected chi connectivity index (χ0v) is 17.8. The van der Waals surface area contributed by atoms with Crippen LogP contribution in [0.4, 0.5) is 0 Å². The van der Waals surface area contributed by atoms with Gasteiger partial charge in [-0.05, 0) is 40.5 Å². The number of fused-ring (bicyclic) bond motifs is 1. The summed E-state index contributed by atoms with van der Waals surface area (Å²) in [5.41, 5.74) is 1.81. The Morgan fingerprint density at radius 3 is 2.36 bits per heavy atom. The quantitative estimate of drug-likeness (QED) is 0.377. The second-order valence-corrected chi connectivity index (χ2v) is 7.59. The van der Waals surface area contributed by atoms with Gasteiger partial charge in [0, 0.05) is 18.5 Å². The molecule has 8 heteroatoms. The van der Waals surface area contributed by atoms with E-state index in [2.05, 4.69) is 10.6 Å². The number of hydrogen-bond donors (Lipinski definition) is 4. The maximum absolute atomic E-state index is 12.5. The van der Waals surface area contributed by atoms with E-state index in [9.17, 15) is 24.3 Å². The van der Waals surface area contributed by atoms with E-state index in [-0.39, 0.29) is 37.3 Å². The molecule has 1 atom stereocenters. The van der Waals surface area contributed by atoms with Crippen LogP contribution in [-0.2, 0) is 27.3 Å². The van der Waals surface area contributed by atoms with E-state index in [0.717, 1.165) is 16.3 Å². The number of rotatable bonds is 10. The molecule has 0 bridgehead atoms. The highest BCUT2D eigenvalue weighted by Crippen LogP contribution is 2.19. The zero-order valence-electron chi connectivity index (χ0n) is 17.8. The number of aliphatic carboxylic acids is 2. The molecule has 0 heterocycles. The lowest BCUT2D eigenvalue weighted by Gasteiger charge is -2.14. The summed E-state index contributed by atoms with van der Waals surface area (Å²) in [4.78, 5) is 46.9. The fraction of sp³-hybridized carbons (Fsp3) is 0.200. The molecule has 0 fully saturated rings. The molecular formula is C25H24N2O6. The molecule has 170 valence electrons. The molecule has 0 radical (unpaired) electrons. The Labute approximate surface area is 190 Å². The molecule has 33 heavy (non-hydrogen) atoms. The highest BCUT2D eigenvalue weighted by Gasteiger charge is 2.21. The summed E-state index contributed by atoms with van der Waals surface area (Å²) in [6.07, 6.45) is -0.383. The first kappa shape index (κ1) is 23.5. The molecule has 0 aliphatic carbocycles. The van der Waals surface area contributed by atoms with Crippen molar-refractivity contribution in [3.05, 3.63) is 83.4 Å². The molecular weight excluding hydrogens is 424 g/mol. The van der Waals surface area contributed by atoms with Gasteiger partial charge in [-0.3, -0.25) is 14.4 Å². The van der Waals surface area contributed by atoms with Crippen molar-refractivity contribution in [1.29, 1.82) is 0 Å². The normalized spacial score (nSPS) is 11.5. The van der Waals surface area contributed by atoms with E-state index in [1.807, 2.05) is 42.5 Å². The Hall–Kier alpha value is -4.20. The summed E-state index contributed by atoms with van der Waals surface area (Å²) in [5.74, 6) is -3.24. The van der Waals surface area contributed by atoms with Crippen LogP contribution in [0.15, 0.2) is 66.7 Å². The Kier molecular flexibility index (Phi) is 7.75. The number of nitrogens with one attached hydrogen (secondary N) is 2. The Balaban J connectivity index is 1.60. The van der Waals surface area contributed by atoms with Crippen molar-refractivity contribution < 1.29 is 29.4 Å². The highest BCUT2D eigenvalue weighted by molar-refractivity contribution is 5.97.